The number of nitrogens with one attached hydrogen (secondary N) is 2. The molecule has 0 unspecified atom stereocenters. The van der Waals surface area contributed by atoms with Crippen LogP contribution in [0.25, 0.3) is 0 Å². The molecular weight excluding hydrogens is 260 g/mol. The van der Waals surface area contributed by atoms with Crippen molar-refractivity contribution in [2.45, 2.75) is 18.2 Å². The Morgan fingerprint density at radius 3 is 2.95 bits per heavy atom. The molecule has 1 aromatic carbocycles. The van der Waals surface area contributed by atoms with Crippen molar-refractivity contribution in [1.82, 2.24) is 10.2 Å². The number of thioether (sulfide) groups is 1. The summed E-state index contributed by atoms with van der Waals surface area (Å²) in [5.41, 5.74) is 8.04. The molecular formula is C13H16N4OS. The molecule has 1 aromatic heterocycles. The lowest BCUT2D eigenvalue weighted by Gasteiger charge is -2.05. The van der Waals surface area contributed by atoms with E-state index in [0.29, 0.717) is 12.1 Å². The largest absolute Gasteiger partial charge is 0.395 e. The molecule has 1 heterocycles. The molecule has 0 aliphatic carbocycles. The van der Waals surface area contributed by atoms with Gasteiger partial charge in [0.1, 0.15) is 0 Å². The van der Waals surface area contributed by atoms with Crippen LogP contribution in [0.5, 0.6) is 0 Å². The minimum Gasteiger partial charge on any atom is -0.395 e. The third-order valence-corrected chi connectivity index (χ3v) is 3.50. The quantitative estimate of drug-likeness (QED) is 0.749. The number of hydrogen-bond donors (Lipinski definition) is 3. The van der Waals surface area contributed by atoms with Crippen molar-refractivity contribution in [3.05, 3.63) is 35.7 Å². The summed E-state index contributed by atoms with van der Waals surface area (Å²) in [6.07, 6.45) is 2.70. The van der Waals surface area contributed by atoms with Crippen LogP contribution in [-0.4, -0.2) is 22.4 Å². The van der Waals surface area contributed by atoms with Gasteiger partial charge in [-0.25, -0.2) is 0 Å². The zero-order valence-corrected chi connectivity index (χ0v) is 11.7. The molecule has 6 heteroatoms. The fourth-order valence-electron chi connectivity index (χ4n) is 1.72. The Labute approximate surface area is 116 Å². The van der Waals surface area contributed by atoms with Crippen LogP contribution in [0.4, 0.5) is 11.4 Å². The molecule has 0 aliphatic rings. The standard InChI is InChI=1S/C13H16N4OS/c1-3-10-11(14)12(17-16-10)13(18)15-8-5-4-6-9(7-8)19-2/h4-7H,3,14H2,1-2H3,(H,15,18)(H,16,17). The van der Waals surface area contributed by atoms with Crippen molar-refractivity contribution in [2.24, 2.45) is 0 Å². The van der Waals surface area contributed by atoms with Gasteiger partial charge in [0, 0.05) is 10.6 Å². The summed E-state index contributed by atoms with van der Waals surface area (Å²) in [6, 6.07) is 7.62. The van der Waals surface area contributed by atoms with Crippen LogP contribution in [0.15, 0.2) is 29.2 Å². The molecule has 0 bridgehead atoms. The van der Waals surface area contributed by atoms with Gasteiger partial charge in [-0.3, -0.25) is 9.89 Å². The summed E-state index contributed by atoms with van der Waals surface area (Å²) < 4.78 is 0. The summed E-state index contributed by atoms with van der Waals surface area (Å²) >= 11 is 1.62. The van der Waals surface area contributed by atoms with Gasteiger partial charge in [-0.2, -0.15) is 5.10 Å². The summed E-state index contributed by atoms with van der Waals surface area (Å²) in [6.45, 7) is 1.95. The van der Waals surface area contributed by atoms with Gasteiger partial charge < -0.3 is 11.1 Å². The Kier molecular flexibility index (Phi) is 4.11. The number of aromatic amines is 1. The van der Waals surface area contributed by atoms with Gasteiger partial charge in [0.2, 0.25) is 0 Å². The van der Waals surface area contributed by atoms with Gasteiger partial charge in [-0.15, -0.1) is 11.8 Å². The van der Waals surface area contributed by atoms with Crippen molar-refractivity contribution in [1.29, 1.82) is 0 Å². The van der Waals surface area contributed by atoms with Crippen molar-refractivity contribution < 1.29 is 4.79 Å². The van der Waals surface area contributed by atoms with Crippen LogP contribution in [0.1, 0.15) is 23.1 Å². The van der Waals surface area contributed by atoms with Gasteiger partial charge in [0.25, 0.3) is 5.91 Å². The summed E-state index contributed by atoms with van der Waals surface area (Å²) in [4.78, 5) is 13.2. The molecule has 2 rings (SSSR count). The average molecular weight is 276 g/mol. The monoisotopic (exact) mass is 276 g/mol. The number of nitrogen functional groups attached to an aromatic ring is 1. The molecule has 0 spiro atoms. The number of nitrogens with zero attached hydrogens (tertiary/aromatic N) is 1. The number of H-pyrrole nitrogens is 1. The van der Waals surface area contributed by atoms with Crippen molar-refractivity contribution in [3.8, 4) is 0 Å². The van der Waals surface area contributed by atoms with Crippen molar-refractivity contribution in [2.75, 3.05) is 17.3 Å². The Morgan fingerprint density at radius 1 is 1.53 bits per heavy atom. The number of aryl methyl sites for hydroxylation is 1. The molecule has 0 fully saturated rings. The Balaban J connectivity index is 2.18. The van der Waals surface area contributed by atoms with Gasteiger partial charge >= 0.3 is 0 Å². The first-order valence-corrected chi connectivity index (χ1v) is 7.16. The molecule has 1 amide bonds. The molecule has 0 radical (unpaired) electrons. The first kappa shape index (κ1) is 13.5. The van der Waals surface area contributed by atoms with E-state index in [1.54, 1.807) is 11.8 Å². The summed E-state index contributed by atoms with van der Waals surface area (Å²) in [5, 5.41) is 9.53. The maximum absolute atomic E-state index is 12.1. The highest BCUT2D eigenvalue weighted by molar-refractivity contribution is 7.98. The second-order valence-electron chi connectivity index (χ2n) is 4.00. The van der Waals surface area contributed by atoms with E-state index in [4.69, 9.17) is 5.73 Å². The maximum Gasteiger partial charge on any atom is 0.278 e. The molecule has 100 valence electrons. The molecule has 0 atom stereocenters. The highest BCUT2D eigenvalue weighted by Gasteiger charge is 2.16. The zero-order valence-electron chi connectivity index (χ0n) is 10.9. The Bertz CT molecular complexity index is 594. The third kappa shape index (κ3) is 2.90. The number of nitrogens with two attached hydrogens (primary N) is 1. The molecule has 0 aliphatic heterocycles. The number of rotatable bonds is 4. The van der Waals surface area contributed by atoms with Gasteiger partial charge in [0.05, 0.1) is 11.4 Å². The Hall–Kier alpha value is -1.95. The van der Waals surface area contributed by atoms with Crippen molar-refractivity contribution in [3.63, 3.8) is 0 Å². The highest BCUT2D eigenvalue weighted by atomic mass is 32.2. The number of amides is 1. The van der Waals surface area contributed by atoms with E-state index in [9.17, 15) is 4.79 Å². The number of benzene rings is 1. The van der Waals surface area contributed by atoms with Crippen LogP contribution in [0.2, 0.25) is 0 Å². The van der Waals surface area contributed by atoms with Gasteiger partial charge in [-0.1, -0.05) is 13.0 Å². The lowest BCUT2D eigenvalue weighted by atomic mass is 10.2. The minimum absolute atomic E-state index is 0.242. The smallest absolute Gasteiger partial charge is 0.278 e. The fourth-order valence-corrected chi connectivity index (χ4v) is 2.18. The van der Waals surface area contributed by atoms with E-state index < -0.39 is 0 Å². The van der Waals surface area contributed by atoms with Gasteiger partial charge in [-0.05, 0) is 30.9 Å². The molecule has 0 saturated carbocycles. The predicted octanol–water partition coefficient (Wildman–Crippen LogP) is 2.53. The van der Waals surface area contributed by atoms with Crippen LogP contribution in [0.3, 0.4) is 0 Å². The molecule has 19 heavy (non-hydrogen) atoms. The zero-order chi connectivity index (χ0) is 13.8. The number of carbonyl (C=O) groups excluding carboxylic acids is 1. The SMILES string of the molecule is CCc1[nH]nc(C(=O)Nc2cccc(SC)c2)c1N. The van der Waals surface area contributed by atoms with Crippen LogP contribution >= 0.6 is 11.8 Å². The van der Waals surface area contributed by atoms with E-state index >= 15 is 0 Å². The lowest BCUT2D eigenvalue weighted by Crippen LogP contribution is -2.14. The summed E-state index contributed by atoms with van der Waals surface area (Å²) in [5.74, 6) is -0.299. The van der Waals surface area contributed by atoms with E-state index in [1.807, 2.05) is 37.4 Å². The predicted molar refractivity (Wildman–Crippen MR) is 78.6 cm³/mol. The molecule has 5 nitrogen and oxygen atoms in total. The summed E-state index contributed by atoms with van der Waals surface area (Å²) in [7, 11) is 0. The third-order valence-electron chi connectivity index (χ3n) is 2.78. The molecule has 2 aromatic rings. The van der Waals surface area contributed by atoms with Crippen LogP contribution < -0.4 is 11.1 Å². The first-order chi connectivity index (χ1) is 9.15. The highest BCUT2D eigenvalue weighted by Crippen LogP contribution is 2.20. The fraction of sp³-hybridized carbons (Fsp3) is 0.231. The van der Waals surface area contributed by atoms with Gasteiger partial charge in [0.15, 0.2) is 5.69 Å². The number of carbonyl (C=O) groups is 1. The Morgan fingerprint density at radius 2 is 2.32 bits per heavy atom. The van der Waals surface area contributed by atoms with Crippen LogP contribution in [0, 0.1) is 0 Å². The van der Waals surface area contributed by atoms with Crippen LogP contribution in [-0.2, 0) is 6.42 Å². The maximum atomic E-state index is 12.1. The van der Waals surface area contributed by atoms with E-state index in [0.717, 1.165) is 16.3 Å². The lowest BCUT2D eigenvalue weighted by molar-refractivity contribution is 0.102. The first-order valence-electron chi connectivity index (χ1n) is 5.93. The second-order valence-corrected chi connectivity index (χ2v) is 4.88. The normalized spacial score (nSPS) is 10.4. The molecule has 0 saturated heterocycles. The topological polar surface area (TPSA) is 83.8 Å². The number of aromatic nitrogens is 2. The number of anilines is 2. The average Bonchev–Trinajstić information content (AvgIpc) is 2.80. The molecule has 4 N–H and O–H groups in total. The van der Waals surface area contributed by atoms with Crippen molar-refractivity contribution >= 4 is 29.0 Å². The van der Waals surface area contributed by atoms with E-state index in [1.165, 1.54) is 0 Å². The second kappa shape index (κ2) is 5.79. The van der Waals surface area contributed by atoms with E-state index in [2.05, 4.69) is 15.5 Å². The minimum atomic E-state index is -0.299. The van der Waals surface area contributed by atoms with E-state index in [-0.39, 0.29) is 11.6 Å². The number of hydrogen-bond acceptors (Lipinski definition) is 4.